The lowest BCUT2D eigenvalue weighted by Crippen LogP contribution is -2.31. The zero-order chi connectivity index (χ0) is 16.7. The Kier molecular flexibility index (Phi) is 3.36. The van der Waals surface area contributed by atoms with E-state index >= 15 is 0 Å². The van der Waals surface area contributed by atoms with Gasteiger partial charge in [-0.15, -0.1) is 0 Å². The van der Waals surface area contributed by atoms with Crippen LogP contribution in [-0.4, -0.2) is 11.2 Å². The highest BCUT2D eigenvalue weighted by Crippen LogP contribution is 2.35. The Labute approximate surface area is 139 Å². The number of benzene rings is 2. The molecule has 0 saturated heterocycles. The number of allylic oxidation sites excluding steroid dienone is 1. The largest absolute Gasteiger partial charge is 0.423 e. The number of furan rings is 1. The summed E-state index contributed by atoms with van der Waals surface area (Å²) in [6, 6.07) is 16.3. The van der Waals surface area contributed by atoms with Gasteiger partial charge in [0, 0.05) is 12.3 Å². The van der Waals surface area contributed by atoms with Crippen molar-refractivity contribution in [3.8, 4) is 0 Å². The summed E-state index contributed by atoms with van der Waals surface area (Å²) >= 11 is 0. The number of anilines is 1. The lowest BCUT2D eigenvalue weighted by molar-refractivity contribution is 0.422. The molecule has 0 radical (unpaired) electrons. The summed E-state index contributed by atoms with van der Waals surface area (Å²) in [5, 5.41) is 2.42. The molecule has 0 fully saturated rings. The van der Waals surface area contributed by atoms with E-state index in [0.29, 0.717) is 11.8 Å². The summed E-state index contributed by atoms with van der Waals surface area (Å²) in [4.78, 5) is 6.15. The molecule has 1 aromatic heterocycles. The molecule has 1 aliphatic rings. The van der Waals surface area contributed by atoms with Gasteiger partial charge in [0.2, 0.25) is 5.88 Å². The highest BCUT2D eigenvalue weighted by Gasteiger charge is 2.23. The van der Waals surface area contributed by atoms with Crippen molar-refractivity contribution < 1.29 is 4.42 Å². The number of fused-ring (bicyclic) bond motifs is 2. The number of aliphatic imine (C=N–C) groups is 1. The van der Waals surface area contributed by atoms with Crippen molar-refractivity contribution in [1.82, 2.24) is 4.90 Å². The predicted octanol–water partition coefficient (Wildman–Crippen LogP) is 4.01. The molecule has 2 heterocycles. The quantitative estimate of drug-likeness (QED) is 0.748. The molecule has 0 bridgehead atoms. The molecule has 0 saturated carbocycles. The minimum Gasteiger partial charge on any atom is -0.423 e. The van der Waals surface area contributed by atoms with Crippen LogP contribution in [0.2, 0.25) is 0 Å². The van der Waals surface area contributed by atoms with Crippen LogP contribution in [0.5, 0.6) is 0 Å². The monoisotopic (exact) mass is 318 g/mol. The fraction of sp³-hybridized carbons (Fsp3) is 0.105. The van der Waals surface area contributed by atoms with Gasteiger partial charge in [-0.2, -0.15) is 0 Å². The smallest absolute Gasteiger partial charge is 0.229 e. The fourth-order valence-corrected chi connectivity index (χ4v) is 3.06. The van der Waals surface area contributed by atoms with Crippen molar-refractivity contribution >= 4 is 34.5 Å². The second-order valence-electron chi connectivity index (χ2n) is 5.88. The van der Waals surface area contributed by atoms with Gasteiger partial charge in [-0.25, -0.2) is 4.99 Å². The standard InChI is InChI=1S/C19H18N4O/c1-12(14-8-4-6-13-5-2-3-7-15(13)14)10-23-11-22-19-16(18(23)21)9-17(20)24-19/h2-11,18H,20-21H2,1H3/b12-10+/t18-/m1/s1. The lowest BCUT2D eigenvalue weighted by atomic mass is 9.99. The Bertz CT molecular complexity index is 965. The summed E-state index contributed by atoms with van der Waals surface area (Å²) < 4.78 is 5.32. The Morgan fingerprint density at radius 3 is 2.88 bits per heavy atom. The van der Waals surface area contributed by atoms with Crippen LogP contribution in [0.1, 0.15) is 24.2 Å². The van der Waals surface area contributed by atoms with E-state index in [0.717, 1.165) is 11.1 Å². The first-order valence-corrected chi connectivity index (χ1v) is 7.76. The molecule has 120 valence electrons. The molecule has 24 heavy (non-hydrogen) atoms. The fourth-order valence-electron chi connectivity index (χ4n) is 3.06. The van der Waals surface area contributed by atoms with Crippen LogP contribution >= 0.6 is 0 Å². The van der Waals surface area contributed by atoms with Crippen LogP contribution in [0.15, 0.2) is 64.1 Å². The zero-order valence-electron chi connectivity index (χ0n) is 13.3. The second-order valence-corrected chi connectivity index (χ2v) is 5.88. The first-order valence-electron chi connectivity index (χ1n) is 7.76. The Morgan fingerprint density at radius 2 is 2.00 bits per heavy atom. The molecule has 1 atom stereocenters. The van der Waals surface area contributed by atoms with Crippen molar-refractivity contribution in [3.63, 3.8) is 0 Å². The molecule has 4 rings (SSSR count). The van der Waals surface area contributed by atoms with Crippen LogP contribution in [-0.2, 0) is 0 Å². The molecule has 0 spiro atoms. The van der Waals surface area contributed by atoms with Gasteiger partial charge in [0.15, 0.2) is 5.88 Å². The van der Waals surface area contributed by atoms with Gasteiger partial charge in [-0.05, 0) is 28.8 Å². The van der Waals surface area contributed by atoms with Crippen molar-refractivity contribution in [2.45, 2.75) is 13.1 Å². The van der Waals surface area contributed by atoms with Gasteiger partial charge in [0.05, 0.1) is 5.56 Å². The maximum Gasteiger partial charge on any atom is 0.229 e. The molecule has 2 aromatic carbocycles. The summed E-state index contributed by atoms with van der Waals surface area (Å²) in [7, 11) is 0. The SMILES string of the molecule is C/C(=C\N1C=Nc2oc(N)cc2[C@@H]1N)c1cccc2ccccc12. The number of rotatable bonds is 2. The van der Waals surface area contributed by atoms with Crippen molar-refractivity contribution in [3.05, 3.63) is 65.9 Å². The van der Waals surface area contributed by atoms with E-state index in [4.69, 9.17) is 15.9 Å². The van der Waals surface area contributed by atoms with E-state index in [1.54, 1.807) is 12.4 Å². The summed E-state index contributed by atoms with van der Waals surface area (Å²) in [6.45, 7) is 2.07. The zero-order valence-corrected chi connectivity index (χ0v) is 13.3. The van der Waals surface area contributed by atoms with Crippen LogP contribution in [0.25, 0.3) is 16.3 Å². The molecule has 5 nitrogen and oxygen atoms in total. The lowest BCUT2D eigenvalue weighted by Gasteiger charge is -2.26. The van der Waals surface area contributed by atoms with Crippen LogP contribution in [0.4, 0.5) is 11.8 Å². The minimum atomic E-state index is -0.372. The van der Waals surface area contributed by atoms with Crippen LogP contribution in [0, 0.1) is 0 Å². The van der Waals surface area contributed by atoms with Gasteiger partial charge < -0.3 is 20.8 Å². The number of hydrogen-bond acceptors (Lipinski definition) is 5. The highest BCUT2D eigenvalue weighted by molar-refractivity contribution is 5.93. The number of nitrogen functional groups attached to an aromatic ring is 1. The third-order valence-electron chi connectivity index (χ3n) is 4.26. The van der Waals surface area contributed by atoms with E-state index in [2.05, 4.69) is 42.2 Å². The Balaban J connectivity index is 1.73. The summed E-state index contributed by atoms with van der Waals surface area (Å²) in [5.41, 5.74) is 15.1. The van der Waals surface area contributed by atoms with Crippen molar-refractivity contribution in [2.24, 2.45) is 10.7 Å². The molecule has 5 heteroatoms. The Morgan fingerprint density at radius 1 is 1.21 bits per heavy atom. The van der Waals surface area contributed by atoms with Crippen LogP contribution in [0.3, 0.4) is 0 Å². The normalized spacial score (nSPS) is 17.3. The van der Waals surface area contributed by atoms with Crippen molar-refractivity contribution in [2.75, 3.05) is 5.73 Å². The predicted molar refractivity (Wildman–Crippen MR) is 97.6 cm³/mol. The molecule has 0 amide bonds. The van der Waals surface area contributed by atoms with Gasteiger partial charge >= 0.3 is 0 Å². The highest BCUT2D eigenvalue weighted by atomic mass is 16.4. The molecular formula is C19H18N4O. The number of nitrogens with two attached hydrogens (primary N) is 2. The van der Waals surface area contributed by atoms with Gasteiger partial charge in [-0.1, -0.05) is 42.5 Å². The van der Waals surface area contributed by atoms with E-state index < -0.39 is 0 Å². The number of hydrogen-bond donors (Lipinski definition) is 2. The first kappa shape index (κ1) is 14.5. The van der Waals surface area contributed by atoms with E-state index in [9.17, 15) is 0 Å². The molecule has 3 aromatic rings. The number of nitrogens with zero attached hydrogens (tertiary/aromatic N) is 2. The maximum atomic E-state index is 6.32. The first-order chi connectivity index (χ1) is 11.6. The van der Waals surface area contributed by atoms with Crippen LogP contribution < -0.4 is 11.5 Å². The molecule has 4 N–H and O–H groups in total. The molecule has 1 aliphatic heterocycles. The molecule has 0 unspecified atom stereocenters. The average Bonchev–Trinajstić information content (AvgIpc) is 2.98. The van der Waals surface area contributed by atoms with Gasteiger partial charge in [0.1, 0.15) is 12.5 Å². The third-order valence-corrected chi connectivity index (χ3v) is 4.26. The van der Waals surface area contributed by atoms with Crippen molar-refractivity contribution in [1.29, 1.82) is 0 Å². The topological polar surface area (TPSA) is 80.8 Å². The third kappa shape index (κ3) is 2.35. The van der Waals surface area contributed by atoms with E-state index in [1.165, 1.54) is 16.3 Å². The molecule has 0 aliphatic carbocycles. The maximum absolute atomic E-state index is 6.32. The summed E-state index contributed by atoms with van der Waals surface area (Å²) in [6.07, 6.45) is 3.30. The summed E-state index contributed by atoms with van der Waals surface area (Å²) in [5.74, 6) is 0.802. The van der Waals surface area contributed by atoms with Gasteiger partial charge in [0.25, 0.3) is 0 Å². The average molecular weight is 318 g/mol. The van der Waals surface area contributed by atoms with E-state index in [-0.39, 0.29) is 6.17 Å². The van der Waals surface area contributed by atoms with E-state index in [1.807, 2.05) is 23.2 Å². The minimum absolute atomic E-state index is 0.323. The van der Waals surface area contributed by atoms with Gasteiger partial charge in [-0.3, -0.25) is 0 Å². The Hall–Kier alpha value is -3.05. The molecular weight excluding hydrogens is 300 g/mol. The second kappa shape index (κ2) is 5.54.